The summed E-state index contributed by atoms with van der Waals surface area (Å²) in [6.45, 7) is 2.52. The van der Waals surface area contributed by atoms with Crippen LogP contribution in [0, 0.1) is 11.8 Å². The molecule has 2 heterocycles. The maximum Gasteiger partial charge on any atom is 0.278 e. The van der Waals surface area contributed by atoms with Gasteiger partial charge in [-0.05, 0) is 31.6 Å². The highest BCUT2D eigenvalue weighted by atomic mass is 16.5. The Morgan fingerprint density at radius 1 is 1.43 bits per heavy atom. The van der Waals surface area contributed by atoms with Gasteiger partial charge in [0.15, 0.2) is 11.4 Å². The van der Waals surface area contributed by atoms with E-state index in [2.05, 4.69) is 12.3 Å². The van der Waals surface area contributed by atoms with Crippen LogP contribution in [0.3, 0.4) is 0 Å². The molecule has 6 heteroatoms. The summed E-state index contributed by atoms with van der Waals surface area (Å²) in [5.74, 6) is 1.30. The van der Waals surface area contributed by atoms with E-state index >= 15 is 0 Å². The van der Waals surface area contributed by atoms with Crippen molar-refractivity contribution in [3.8, 4) is 5.75 Å². The summed E-state index contributed by atoms with van der Waals surface area (Å²) < 4.78 is 7.38. The van der Waals surface area contributed by atoms with Crippen LogP contribution in [0.25, 0.3) is 0 Å². The number of unbranched alkanes of at least 4 members (excludes halogenated alkanes) is 1. The van der Waals surface area contributed by atoms with E-state index < -0.39 is 0 Å². The van der Waals surface area contributed by atoms with Gasteiger partial charge in [-0.2, -0.15) is 0 Å². The predicted molar refractivity (Wildman–Crippen MR) is 86.1 cm³/mol. The molecule has 2 aliphatic carbocycles. The van der Waals surface area contributed by atoms with Crippen LogP contribution in [-0.4, -0.2) is 34.8 Å². The number of aromatic nitrogens is 1. The van der Waals surface area contributed by atoms with E-state index in [4.69, 9.17) is 4.74 Å². The van der Waals surface area contributed by atoms with E-state index in [1.807, 2.05) is 7.05 Å². The van der Waals surface area contributed by atoms with Gasteiger partial charge in [0.25, 0.3) is 5.91 Å². The first-order valence-electron chi connectivity index (χ1n) is 8.53. The molecule has 0 bridgehead atoms. The lowest BCUT2D eigenvalue weighted by Gasteiger charge is -2.46. The van der Waals surface area contributed by atoms with E-state index in [9.17, 15) is 9.59 Å². The second kappa shape index (κ2) is 5.01. The van der Waals surface area contributed by atoms with E-state index in [0.29, 0.717) is 18.2 Å². The van der Waals surface area contributed by atoms with Crippen LogP contribution in [0.1, 0.15) is 49.5 Å². The van der Waals surface area contributed by atoms with Crippen molar-refractivity contribution in [2.75, 3.05) is 19.1 Å². The number of hydrogen-bond acceptors (Lipinski definition) is 4. The van der Waals surface area contributed by atoms with Gasteiger partial charge in [0.1, 0.15) is 5.66 Å². The Morgan fingerprint density at radius 2 is 2.26 bits per heavy atom. The van der Waals surface area contributed by atoms with Gasteiger partial charge in [-0.15, -0.1) is 0 Å². The van der Waals surface area contributed by atoms with Crippen molar-refractivity contribution in [3.63, 3.8) is 0 Å². The Hall–Kier alpha value is -1.98. The van der Waals surface area contributed by atoms with Gasteiger partial charge in [-0.25, -0.2) is 0 Å². The number of fused-ring (bicyclic) bond motifs is 3. The third-order valence-corrected chi connectivity index (χ3v) is 5.65. The number of pyridine rings is 1. The summed E-state index contributed by atoms with van der Waals surface area (Å²) >= 11 is 0. The van der Waals surface area contributed by atoms with Crippen LogP contribution in [-0.2, 0) is 0 Å². The average Bonchev–Trinajstić information content (AvgIpc) is 3.25. The summed E-state index contributed by atoms with van der Waals surface area (Å²) in [6, 6.07) is 1.48. The minimum absolute atomic E-state index is 0.125. The van der Waals surface area contributed by atoms with Crippen molar-refractivity contribution in [2.45, 2.75) is 44.7 Å². The molecule has 1 aromatic rings. The zero-order chi connectivity index (χ0) is 16.2. The summed E-state index contributed by atoms with van der Waals surface area (Å²) in [5, 5.41) is 0. The lowest BCUT2D eigenvalue weighted by molar-refractivity contribution is 0.0466. The minimum Gasteiger partial charge on any atom is -0.487 e. The third-order valence-electron chi connectivity index (χ3n) is 5.65. The summed E-state index contributed by atoms with van der Waals surface area (Å²) in [4.78, 5) is 27.0. The zero-order valence-corrected chi connectivity index (χ0v) is 13.7. The number of rotatable bonds is 4. The molecule has 0 aromatic carbocycles. The number of hydrogen-bond donors (Lipinski definition) is 1. The standard InChI is InChI=1S/C17H23N3O3/c1-3-4-9-23-15-13(21)6-8-20-14(15)16(22)19(2)17(18-20)7-5-11-10-12(11)17/h6,8,11-12,18H,3-5,7,9-10H2,1-2H3/t11-,12+,17?/m1/s1. The molecule has 3 aliphatic rings. The SMILES string of the molecule is CCCCOc1c2n(ccc1=O)NC1(CC[C@@H]3C[C@@H]31)N(C)C2=O. The van der Waals surface area contributed by atoms with Crippen LogP contribution in [0.5, 0.6) is 5.75 Å². The fourth-order valence-electron chi connectivity index (χ4n) is 4.19. The highest BCUT2D eigenvalue weighted by Crippen LogP contribution is 2.59. The first-order chi connectivity index (χ1) is 11.1. The Bertz CT molecular complexity index is 714. The quantitative estimate of drug-likeness (QED) is 0.860. The van der Waals surface area contributed by atoms with Crippen molar-refractivity contribution in [3.05, 3.63) is 28.2 Å². The maximum atomic E-state index is 13.0. The topological polar surface area (TPSA) is 63.6 Å². The predicted octanol–water partition coefficient (Wildman–Crippen LogP) is 1.78. The molecule has 6 nitrogen and oxygen atoms in total. The molecule has 1 spiro atoms. The van der Waals surface area contributed by atoms with Crippen molar-refractivity contribution in [1.82, 2.24) is 9.58 Å². The molecule has 1 N–H and O–H groups in total. The molecule has 0 saturated heterocycles. The van der Waals surface area contributed by atoms with E-state index in [-0.39, 0.29) is 22.7 Å². The van der Waals surface area contributed by atoms with Gasteiger partial charge in [0.05, 0.1) is 6.61 Å². The summed E-state index contributed by atoms with van der Waals surface area (Å²) in [7, 11) is 1.84. The molecule has 4 rings (SSSR count). The van der Waals surface area contributed by atoms with E-state index in [1.165, 1.54) is 12.5 Å². The Balaban J connectivity index is 1.74. The Morgan fingerprint density at radius 3 is 2.91 bits per heavy atom. The minimum atomic E-state index is -0.301. The molecule has 2 saturated carbocycles. The van der Waals surface area contributed by atoms with Crippen molar-refractivity contribution >= 4 is 5.91 Å². The van der Waals surface area contributed by atoms with Crippen LogP contribution >= 0.6 is 0 Å². The second-order valence-corrected chi connectivity index (χ2v) is 6.97. The largest absolute Gasteiger partial charge is 0.487 e. The molecule has 124 valence electrons. The van der Waals surface area contributed by atoms with E-state index in [0.717, 1.165) is 31.6 Å². The molecule has 1 aliphatic heterocycles. The smallest absolute Gasteiger partial charge is 0.278 e. The molecule has 2 fully saturated rings. The van der Waals surface area contributed by atoms with Gasteiger partial charge in [-0.3, -0.25) is 14.3 Å². The molecule has 3 atom stereocenters. The van der Waals surface area contributed by atoms with E-state index in [1.54, 1.807) is 15.8 Å². The number of nitrogens with zero attached hydrogens (tertiary/aromatic N) is 2. The zero-order valence-electron chi connectivity index (χ0n) is 13.7. The van der Waals surface area contributed by atoms with Crippen molar-refractivity contribution in [2.24, 2.45) is 11.8 Å². The summed E-state index contributed by atoms with van der Waals surface area (Å²) in [5.41, 5.74) is 3.29. The van der Waals surface area contributed by atoms with Crippen molar-refractivity contribution in [1.29, 1.82) is 0 Å². The molecule has 1 aromatic heterocycles. The van der Waals surface area contributed by atoms with Crippen LogP contribution < -0.4 is 15.6 Å². The fourth-order valence-corrected chi connectivity index (χ4v) is 4.19. The lowest BCUT2D eigenvalue weighted by atomic mass is 10.0. The van der Waals surface area contributed by atoms with Crippen molar-refractivity contribution < 1.29 is 9.53 Å². The first kappa shape index (κ1) is 14.6. The fraction of sp³-hybridized carbons (Fsp3) is 0.647. The van der Waals surface area contributed by atoms with Crippen LogP contribution in [0.15, 0.2) is 17.1 Å². The monoisotopic (exact) mass is 317 g/mol. The lowest BCUT2D eigenvalue weighted by Crippen LogP contribution is -2.63. The van der Waals surface area contributed by atoms with Gasteiger partial charge in [0.2, 0.25) is 5.43 Å². The first-order valence-corrected chi connectivity index (χ1v) is 8.53. The number of amides is 1. The van der Waals surface area contributed by atoms with Gasteiger partial charge in [-0.1, -0.05) is 13.3 Å². The third kappa shape index (κ3) is 2.00. The molecular weight excluding hydrogens is 294 g/mol. The molecule has 0 radical (unpaired) electrons. The Labute approximate surface area is 135 Å². The number of carbonyl (C=O) groups is 1. The summed E-state index contributed by atoms with van der Waals surface area (Å²) in [6.07, 6.45) is 6.80. The normalized spacial score (nSPS) is 30.9. The Kier molecular flexibility index (Phi) is 3.18. The number of nitrogens with one attached hydrogen (secondary N) is 1. The van der Waals surface area contributed by atoms with Crippen LogP contribution in [0.2, 0.25) is 0 Å². The van der Waals surface area contributed by atoms with Gasteiger partial charge >= 0.3 is 0 Å². The molecule has 1 unspecified atom stereocenters. The highest BCUT2D eigenvalue weighted by Gasteiger charge is 2.63. The van der Waals surface area contributed by atoms with Gasteiger partial charge < -0.3 is 15.1 Å². The number of carbonyl (C=O) groups excluding carboxylic acids is 1. The second-order valence-electron chi connectivity index (χ2n) is 6.97. The van der Waals surface area contributed by atoms with Gasteiger partial charge in [0, 0.05) is 25.2 Å². The van der Waals surface area contributed by atoms with Crippen LogP contribution in [0.4, 0.5) is 0 Å². The molecule has 23 heavy (non-hydrogen) atoms. The molecular formula is C17H23N3O3. The highest BCUT2D eigenvalue weighted by molar-refractivity contribution is 5.96. The average molecular weight is 317 g/mol. The molecule has 1 amide bonds. The number of ether oxygens (including phenoxy) is 1. The maximum absolute atomic E-state index is 13.0.